The van der Waals surface area contributed by atoms with Crippen LogP contribution >= 0.6 is 23.4 Å². The van der Waals surface area contributed by atoms with Crippen molar-refractivity contribution in [3.05, 3.63) is 52.9 Å². The number of nitrogens with zero attached hydrogens (tertiary/aromatic N) is 2. The normalized spacial score (nSPS) is 16.3. The molecule has 0 radical (unpaired) electrons. The van der Waals surface area contributed by atoms with E-state index in [-0.39, 0.29) is 0 Å². The Labute approximate surface area is 136 Å². The predicted octanol–water partition coefficient (Wildman–Crippen LogP) is 3.33. The Morgan fingerprint density at radius 1 is 1.45 bits per heavy atom. The van der Waals surface area contributed by atoms with Crippen LogP contribution in [0.5, 0.6) is 0 Å². The zero-order valence-electron chi connectivity index (χ0n) is 11.4. The molecular weight excluding hydrogens is 324 g/mol. The molecule has 0 aliphatic carbocycles. The number of thioether (sulfide) groups is 1. The first kappa shape index (κ1) is 15.0. The van der Waals surface area contributed by atoms with Crippen molar-refractivity contribution in [3.8, 4) is 0 Å². The highest BCUT2D eigenvalue weighted by Gasteiger charge is 2.14. The van der Waals surface area contributed by atoms with Crippen LogP contribution in [0.4, 0.5) is 5.69 Å². The molecule has 0 amide bonds. The highest BCUT2D eigenvalue weighted by molar-refractivity contribution is 8.14. The topological polar surface area (TPSA) is 82.1 Å². The molecule has 1 aromatic carbocycles. The molecular formula is C14H13ClN4O2S. The fourth-order valence-corrected chi connectivity index (χ4v) is 2.82. The molecule has 1 aliphatic heterocycles. The van der Waals surface area contributed by atoms with Gasteiger partial charge in [-0.1, -0.05) is 29.4 Å². The summed E-state index contributed by atoms with van der Waals surface area (Å²) in [5.74, 6) is 1.48. The van der Waals surface area contributed by atoms with Crippen molar-refractivity contribution in [1.82, 2.24) is 5.43 Å². The van der Waals surface area contributed by atoms with Crippen molar-refractivity contribution in [2.45, 2.75) is 6.54 Å². The third-order valence-electron chi connectivity index (χ3n) is 3.01. The lowest BCUT2D eigenvalue weighted by atomic mass is 10.1. The number of nitrogens with one attached hydrogen (secondary N) is 2. The minimum Gasteiger partial charge on any atom is -0.467 e. The first-order chi connectivity index (χ1) is 10.8. The number of hydrogen-bond donors (Lipinski definition) is 3. The Balaban J connectivity index is 1.69. The summed E-state index contributed by atoms with van der Waals surface area (Å²) in [6.45, 7) is 0.479. The Hall–Kier alpha value is -1.96. The second-order valence-corrected chi connectivity index (χ2v) is 5.84. The van der Waals surface area contributed by atoms with Crippen LogP contribution in [0.3, 0.4) is 0 Å². The molecule has 0 saturated carbocycles. The summed E-state index contributed by atoms with van der Waals surface area (Å²) in [7, 11) is 0. The summed E-state index contributed by atoms with van der Waals surface area (Å²) >= 11 is 7.49. The Bertz CT molecular complexity index is 716. The van der Waals surface area contributed by atoms with Crippen LogP contribution in [0.25, 0.3) is 0 Å². The minimum atomic E-state index is 0.448. The van der Waals surface area contributed by atoms with E-state index in [1.807, 2.05) is 18.2 Å². The quantitative estimate of drug-likeness (QED) is 0.746. The Morgan fingerprint density at radius 3 is 3.05 bits per heavy atom. The molecule has 1 aromatic heterocycles. The van der Waals surface area contributed by atoms with Gasteiger partial charge in [0.05, 0.1) is 29.2 Å². The van der Waals surface area contributed by atoms with Gasteiger partial charge in [-0.15, -0.1) is 0 Å². The van der Waals surface area contributed by atoms with E-state index in [2.05, 4.69) is 21.0 Å². The number of amidine groups is 1. The summed E-state index contributed by atoms with van der Waals surface area (Å²) in [4.78, 5) is 4.40. The number of hydrazone groups is 1. The molecule has 2 aromatic rings. The number of furan rings is 1. The molecule has 0 fully saturated rings. The van der Waals surface area contributed by atoms with Gasteiger partial charge >= 0.3 is 0 Å². The lowest BCUT2D eigenvalue weighted by Crippen LogP contribution is -2.25. The molecule has 6 nitrogen and oxygen atoms in total. The van der Waals surface area contributed by atoms with Crippen LogP contribution in [-0.4, -0.2) is 21.8 Å². The average molecular weight is 337 g/mol. The van der Waals surface area contributed by atoms with E-state index in [1.54, 1.807) is 30.2 Å². The molecule has 2 heterocycles. The van der Waals surface area contributed by atoms with E-state index in [0.717, 1.165) is 22.2 Å². The van der Waals surface area contributed by atoms with Gasteiger partial charge in [0.1, 0.15) is 5.76 Å². The van der Waals surface area contributed by atoms with E-state index in [0.29, 0.717) is 23.0 Å². The van der Waals surface area contributed by atoms with E-state index in [4.69, 9.17) is 21.2 Å². The monoisotopic (exact) mass is 336 g/mol. The van der Waals surface area contributed by atoms with Crippen LogP contribution < -0.4 is 10.9 Å². The lowest BCUT2D eigenvalue weighted by molar-refractivity contribution is 0.389. The summed E-state index contributed by atoms with van der Waals surface area (Å²) in [6.07, 6.45) is 1.63. The third kappa shape index (κ3) is 3.44. The van der Waals surface area contributed by atoms with Crippen LogP contribution in [0.2, 0.25) is 5.02 Å². The second kappa shape index (κ2) is 6.87. The number of halogens is 1. The Kier molecular flexibility index (Phi) is 4.67. The smallest absolute Gasteiger partial charge is 0.177 e. The van der Waals surface area contributed by atoms with Crippen molar-refractivity contribution in [1.29, 1.82) is 0 Å². The fraction of sp³-hybridized carbons (Fsp3) is 0.143. The molecule has 3 rings (SSSR count). The maximum absolute atomic E-state index is 9.02. The summed E-state index contributed by atoms with van der Waals surface area (Å²) in [6, 6.07) is 9.02. The molecule has 0 atom stereocenters. The number of aliphatic imine (C=N–C) groups is 1. The van der Waals surface area contributed by atoms with Gasteiger partial charge in [-0.05, 0) is 24.3 Å². The number of anilines is 1. The van der Waals surface area contributed by atoms with E-state index < -0.39 is 0 Å². The van der Waals surface area contributed by atoms with Gasteiger partial charge in [0.2, 0.25) is 0 Å². The largest absolute Gasteiger partial charge is 0.467 e. The van der Waals surface area contributed by atoms with Crippen LogP contribution in [-0.2, 0) is 6.54 Å². The average Bonchev–Trinajstić information content (AvgIpc) is 3.07. The molecule has 0 bridgehead atoms. The van der Waals surface area contributed by atoms with E-state index in [9.17, 15) is 0 Å². The predicted molar refractivity (Wildman–Crippen MR) is 88.8 cm³/mol. The molecule has 3 N–H and O–H groups in total. The summed E-state index contributed by atoms with van der Waals surface area (Å²) in [5.41, 5.74) is 7.18. The number of benzene rings is 1. The van der Waals surface area contributed by atoms with Crippen LogP contribution in [0.1, 0.15) is 11.3 Å². The maximum Gasteiger partial charge on any atom is 0.177 e. The van der Waals surface area contributed by atoms with Crippen molar-refractivity contribution in [2.75, 3.05) is 11.2 Å². The molecule has 8 heteroatoms. The van der Waals surface area contributed by atoms with Crippen molar-refractivity contribution >= 4 is 39.9 Å². The van der Waals surface area contributed by atoms with Crippen LogP contribution in [0.15, 0.2) is 51.1 Å². The van der Waals surface area contributed by atoms with Gasteiger partial charge in [-0.25, -0.2) is 0 Å². The maximum atomic E-state index is 9.02. The first-order valence-electron chi connectivity index (χ1n) is 6.48. The number of hydrogen-bond acceptors (Lipinski definition) is 6. The highest BCUT2D eigenvalue weighted by atomic mass is 35.5. The third-order valence-corrected chi connectivity index (χ3v) is 4.25. The second-order valence-electron chi connectivity index (χ2n) is 4.47. The molecule has 0 spiro atoms. The van der Waals surface area contributed by atoms with Crippen molar-refractivity contribution < 1.29 is 9.62 Å². The summed E-state index contributed by atoms with van der Waals surface area (Å²) in [5, 5.41) is 14.5. The molecule has 1 aliphatic rings. The van der Waals surface area contributed by atoms with Gasteiger partial charge in [0.15, 0.2) is 5.17 Å². The van der Waals surface area contributed by atoms with Crippen molar-refractivity contribution in [2.24, 2.45) is 10.1 Å². The Morgan fingerprint density at radius 2 is 2.36 bits per heavy atom. The summed E-state index contributed by atoms with van der Waals surface area (Å²) < 4.78 is 5.23. The van der Waals surface area contributed by atoms with Gasteiger partial charge in [-0.3, -0.25) is 21.1 Å². The van der Waals surface area contributed by atoms with Crippen molar-refractivity contribution in [3.63, 3.8) is 0 Å². The van der Waals surface area contributed by atoms with E-state index >= 15 is 0 Å². The lowest BCUT2D eigenvalue weighted by Gasteiger charge is -2.15. The van der Waals surface area contributed by atoms with Gasteiger partial charge < -0.3 is 4.42 Å². The number of rotatable bonds is 4. The van der Waals surface area contributed by atoms with Gasteiger partial charge in [-0.2, -0.15) is 5.10 Å². The zero-order valence-corrected chi connectivity index (χ0v) is 13.0. The highest BCUT2D eigenvalue weighted by Crippen LogP contribution is 2.24. The molecule has 22 heavy (non-hydrogen) atoms. The molecule has 114 valence electrons. The standard InChI is InChI=1S/C14H13ClN4O2S/c15-11-4-3-9(6-12(11)19-20)13-8-22-14(18-17-13)16-7-10-2-1-5-21-10/h1-6,19-20H,7-8H2,(H,16,18). The first-order valence-corrected chi connectivity index (χ1v) is 7.85. The van der Waals surface area contributed by atoms with E-state index in [1.165, 1.54) is 0 Å². The van der Waals surface area contributed by atoms with Crippen LogP contribution in [0, 0.1) is 0 Å². The van der Waals surface area contributed by atoms with Gasteiger partial charge in [0.25, 0.3) is 0 Å². The minimum absolute atomic E-state index is 0.448. The SMILES string of the molecule is ONc1cc(C2=NNC(=NCc3ccco3)SC2)ccc1Cl. The molecule has 0 unspecified atom stereocenters. The van der Waals surface area contributed by atoms with Gasteiger partial charge in [0, 0.05) is 11.3 Å². The molecule has 0 saturated heterocycles. The fourth-order valence-electron chi connectivity index (χ4n) is 1.89. The zero-order chi connectivity index (χ0) is 15.4.